The van der Waals surface area contributed by atoms with Crippen molar-refractivity contribution in [2.75, 3.05) is 6.61 Å². The van der Waals surface area contributed by atoms with Gasteiger partial charge in [0.05, 0.1) is 12.7 Å². The first kappa shape index (κ1) is 11.5. The van der Waals surface area contributed by atoms with Gasteiger partial charge in [-0.15, -0.1) is 0 Å². The highest BCUT2D eigenvalue weighted by Crippen LogP contribution is 2.38. The van der Waals surface area contributed by atoms with Gasteiger partial charge in [-0.1, -0.05) is 43.6 Å². The molecule has 2 aliphatic carbocycles. The van der Waals surface area contributed by atoms with Crippen LogP contribution in [-0.2, 0) is 4.74 Å². The molecule has 0 amide bonds. The molecule has 0 N–H and O–H groups in total. The first-order chi connectivity index (χ1) is 8.43. The molecule has 0 bridgehead atoms. The lowest BCUT2D eigenvalue weighted by atomic mass is 9.87. The number of hydrogen-bond donors (Lipinski definition) is 0. The highest BCUT2D eigenvalue weighted by atomic mass is 16.5. The molecule has 3 atom stereocenters. The molecular formula is C16H24O. The van der Waals surface area contributed by atoms with Crippen molar-refractivity contribution in [3.63, 3.8) is 0 Å². The fourth-order valence-electron chi connectivity index (χ4n) is 3.71. The van der Waals surface area contributed by atoms with E-state index in [0.717, 1.165) is 12.5 Å². The summed E-state index contributed by atoms with van der Waals surface area (Å²) in [6, 6.07) is 0. The number of ether oxygens (including phenoxy) is 1. The van der Waals surface area contributed by atoms with Gasteiger partial charge >= 0.3 is 0 Å². The molecule has 3 aliphatic rings. The van der Waals surface area contributed by atoms with E-state index in [9.17, 15) is 0 Å². The van der Waals surface area contributed by atoms with Crippen LogP contribution in [0.25, 0.3) is 0 Å². The van der Waals surface area contributed by atoms with Crippen molar-refractivity contribution in [2.45, 2.75) is 51.0 Å². The van der Waals surface area contributed by atoms with Crippen LogP contribution in [0.4, 0.5) is 0 Å². The van der Waals surface area contributed by atoms with Crippen LogP contribution in [-0.4, -0.2) is 12.7 Å². The maximum Gasteiger partial charge on any atom is 0.0704 e. The minimum Gasteiger partial charge on any atom is -0.373 e. The summed E-state index contributed by atoms with van der Waals surface area (Å²) in [7, 11) is 0. The molecular weight excluding hydrogens is 208 g/mol. The van der Waals surface area contributed by atoms with Crippen LogP contribution in [0.3, 0.4) is 0 Å². The Morgan fingerprint density at radius 1 is 0.941 bits per heavy atom. The Balaban J connectivity index is 1.57. The minimum absolute atomic E-state index is 0.486. The Hall–Kier alpha value is -0.560. The monoisotopic (exact) mass is 232 g/mol. The summed E-state index contributed by atoms with van der Waals surface area (Å²) >= 11 is 0. The van der Waals surface area contributed by atoms with Crippen molar-refractivity contribution < 1.29 is 4.74 Å². The molecule has 0 spiro atoms. The van der Waals surface area contributed by atoms with E-state index in [1.165, 1.54) is 44.9 Å². The zero-order chi connectivity index (χ0) is 11.5. The third-order valence-electron chi connectivity index (χ3n) is 4.73. The summed E-state index contributed by atoms with van der Waals surface area (Å²) in [5.74, 6) is 2.25. The van der Waals surface area contributed by atoms with Crippen LogP contribution in [0.2, 0.25) is 0 Å². The van der Waals surface area contributed by atoms with Gasteiger partial charge in [-0.25, -0.2) is 0 Å². The second-order valence-electron chi connectivity index (χ2n) is 5.91. The standard InChI is InChI=1S/C16H24O/c1-2-5-13(6-3-1)8-9-15-11-10-14-7-4-12-17-16(14)15/h4,7-9,13-16H,1-3,5-6,10-12H2/b9-8+. The van der Waals surface area contributed by atoms with E-state index < -0.39 is 0 Å². The van der Waals surface area contributed by atoms with Crippen LogP contribution in [0.1, 0.15) is 44.9 Å². The van der Waals surface area contributed by atoms with Crippen molar-refractivity contribution in [1.29, 1.82) is 0 Å². The molecule has 17 heavy (non-hydrogen) atoms. The lowest BCUT2D eigenvalue weighted by molar-refractivity contribution is 0.0302. The Morgan fingerprint density at radius 2 is 1.82 bits per heavy atom. The second kappa shape index (κ2) is 5.39. The van der Waals surface area contributed by atoms with Gasteiger partial charge in [-0.05, 0) is 31.6 Å². The summed E-state index contributed by atoms with van der Waals surface area (Å²) < 4.78 is 5.92. The Morgan fingerprint density at radius 3 is 2.71 bits per heavy atom. The van der Waals surface area contributed by atoms with Crippen molar-refractivity contribution in [3.05, 3.63) is 24.3 Å². The fourth-order valence-corrected chi connectivity index (χ4v) is 3.71. The average molecular weight is 232 g/mol. The van der Waals surface area contributed by atoms with E-state index >= 15 is 0 Å². The average Bonchev–Trinajstić information content (AvgIpc) is 2.81. The maximum atomic E-state index is 5.92. The quantitative estimate of drug-likeness (QED) is 0.651. The smallest absolute Gasteiger partial charge is 0.0704 e. The molecule has 0 aromatic heterocycles. The number of rotatable bonds is 2. The topological polar surface area (TPSA) is 9.23 Å². The van der Waals surface area contributed by atoms with E-state index in [2.05, 4.69) is 24.3 Å². The second-order valence-corrected chi connectivity index (χ2v) is 5.91. The van der Waals surface area contributed by atoms with Gasteiger partial charge in [0.15, 0.2) is 0 Å². The lowest BCUT2D eigenvalue weighted by Gasteiger charge is -2.25. The van der Waals surface area contributed by atoms with E-state index in [0.29, 0.717) is 17.9 Å². The molecule has 0 aromatic carbocycles. The van der Waals surface area contributed by atoms with Gasteiger partial charge < -0.3 is 4.74 Å². The first-order valence-corrected chi connectivity index (χ1v) is 7.40. The summed E-state index contributed by atoms with van der Waals surface area (Å²) in [4.78, 5) is 0. The summed E-state index contributed by atoms with van der Waals surface area (Å²) in [5, 5.41) is 0. The molecule has 1 heterocycles. The molecule has 1 aliphatic heterocycles. The predicted molar refractivity (Wildman–Crippen MR) is 70.8 cm³/mol. The lowest BCUT2D eigenvalue weighted by Crippen LogP contribution is -2.26. The van der Waals surface area contributed by atoms with E-state index in [-0.39, 0.29) is 0 Å². The number of allylic oxidation sites excluding steroid dienone is 1. The third kappa shape index (κ3) is 2.65. The van der Waals surface area contributed by atoms with E-state index in [1.807, 2.05) is 0 Å². The minimum atomic E-state index is 0.486. The highest BCUT2D eigenvalue weighted by Gasteiger charge is 2.35. The van der Waals surface area contributed by atoms with Crippen molar-refractivity contribution in [2.24, 2.45) is 17.8 Å². The summed E-state index contributed by atoms with van der Waals surface area (Å²) in [6.07, 6.45) is 19.8. The molecule has 94 valence electrons. The first-order valence-electron chi connectivity index (χ1n) is 7.40. The van der Waals surface area contributed by atoms with Crippen molar-refractivity contribution in [1.82, 2.24) is 0 Å². The molecule has 2 fully saturated rings. The maximum absolute atomic E-state index is 5.92. The summed E-state index contributed by atoms with van der Waals surface area (Å²) in [6.45, 7) is 0.828. The van der Waals surface area contributed by atoms with Crippen LogP contribution < -0.4 is 0 Å². The molecule has 3 unspecified atom stereocenters. The zero-order valence-corrected chi connectivity index (χ0v) is 10.7. The van der Waals surface area contributed by atoms with Crippen LogP contribution in [0.5, 0.6) is 0 Å². The molecule has 1 nitrogen and oxygen atoms in total. The molecule has 2 saturated carbocycles. The van der Waals surface area contributed by atoms with Gasteiger partial charge in [0, 0.05) is 11.8 Å². The number of fused-ring (bicyclic) bond motifs is 1. The Kier molecular flexibility index (Phi) is 3.65. The van der Waals surface area contributed by atoms with Gasteiger partial charge in [-0.2, -0.15) is 0 Å². The van der Waals surface area contributed by atoms with Gasteiger partial charge in [-0.3, -0.25) is 0 Å². The third-order valence-corrected chi connectivity index (χ3v) is 4.73. The van der Waals surface area contributed by atoms with Gasteiger partial charge in [0.25, 0.3) is 0 Å². The predicted octanol–water partition coefficient (Wildman–Crippen LogP) is 4.10. The zero-order valence-electron chi connectivity index (χ0n) is 10.7. The van der Waals surface area contributed by atoms with Crippen molar-refractivity contribution >= 4 is 0 Å². The highest BCUT2D eigenvalue weighted by molar-refractivity contribution is 5.08. The molecule has 0 saturated heterocycles. The van der Waals surface area contributed by atoms with Crippen LogP contribution in [0, 0.1) is 17.8 Å². The number of hydrogen-bond acceptors (Lipinski definition) is 1. The van der Waals surface area contributed by atoms with Gasteiger partial charge in [0.1, 0.15) is 0 Å². The SMILES string of the molecule is C1=CC2CCC(/C=C/C3CCCCC3)C2OC1. The van der Waals surface area contributed by atoms with Gasteiger partial charge in [0.2, 0.25) is 0 Å². The summed E-state index contributed by atoms with van der Waals surface area (Å²) in [5.41, 5.74) is 0. The largest absolute Gasteiger partial charge is 0.373 e. The fraction of sp³-hybridized carbons (Fsp3) is 0.750. The van der Waals surface area contributed by atoms with E-state index in [4.69, 9.17) is 4.74 Å². The Labute approximate surface area is 105 Å². The molecule has 1 heteroatoms. The Bertz CT molecular complexity index is 299. The molecule has 0 aromatic rings. The molecule has 0 radical (unpaired) electrons. The van der Waals surface area contributed by atoms with E-state index in [1.54, 1.807) is 0 Å². The van der Waals surface area contributed by atoms with Crippen LogP contribution >= 0.6 is 0 Å². The van der Waals surface area contributed by atoms with Crippen LogP contribution in [0.15, 0.2) is 24.3 Å². The normalized spacial score (nSPS) is 38.7. The van der Waals surface area contributed by atoms with Crippen molar-refractivity contribution in [3.8, 4) is 0 Å². The molecule has 3 rings (SSSR count).